The number of carbonyl (C=O) groups excluding carboxylic acids is 1. The van der Waals surface area contributed by atoms with E-state index in [2.05, 4.69) is 36.6 Å². The number of amides is 1. The van der Waals surface area contributed by atoms with E-state index in [0.29, 0.717) is 6.42 Å². The molecule has 0 unspecified atom stereocenters. The summed E-state index contributed by atoms with van der Waals surface area (Å²) in [4.78, 5) is 12.0. The second-order valence-electron chi connectivity index (χ2n) is 6.26. The second-order valence-corrected chi connectivity index (χ2v) is 6.26. The van der Waals surface area contributed by atoms with Crippen molar-refractivity contribution in [3.05, 3.63) is 35.4 Å². The van der Waals surface area contributed by atoms with E-state index in [1.807, 2.05) is 12.1 Å². The molecular formula is C17H26N2O. The fourth-order valence-electron chi connectivity index (χ4n) is 2.75. The van der Waals surface area contributed by atoms with E-state index in [4.69, 9.17) is 0 Å². The molecule has 110 valence electrons. The standard InChI is InChI=1S/C17H26N2O/c1-14-5-3-4-6-15(14)7-8-16(20)19-13-17(2)9-11-18-12-10-17/h3-6,18H,7-13H2,1-2H3,(H,19,20). The van der Waals surface area contributed by atoms with Gasteiger partial charge in [-0.05, 0) is 55.8 Å². The predicted octanol–water partition coefficient (Wildman–Crippen LogP) is 2.43. The van der Waals surface area contributed by atoms with Gasteiger partial charge in [-0.15, -0.1) is 0 Å². The molecule has 1 fully saturated rings. The molecule has 0 aliphatic carbocycles. The van der Waals surface area contributed by atoms with Crippen LogP contribution in [0.25, 0.3) is 0 Å². The quantitative estimate of drug-likeness (QED) is 0.866. The molecule has 1 aromatic rings. The lowest BCUT2D eigenvalue weighted by Gasteiger charge is -2.34. The molecule has 1 heterocycles. The van der Waals surface area contributed by atoms with Crippen LogP contribution in [0.5, 0.6) is 0 Å². The van der Waals surface area contributed by atoms with Gasteiger partial charge in [-0.25, -0.2) is 0 Å². The maximum Gasteiger partial charge on any atom is 0.220 e. The van der Waals surface area contributed by atoms with Gasteiger partial charge in [0.2, 0.25) is 5.91 Å². The molecule has 1 saturated heterocycles. The Morgan fingerprint density at radius 3 is 2.70 bits per heavy atom. The zero-order chi connectivity index (χ0) is 14.4. The van der Waals surface area contributed by atoms with E-state index in [0.717, 1.165) is 38.9 Å². The Balaban J connectivity index is 1.74. The van der Waals surface area contributed by atoms with Gasteiger partial charge in [0.05, 0.1) is 0 Å². The number of nitrogens with one attached hydrogen (secondary N) is 2. The molecule has 1 aliphatic heterocycles. The third-order valence-corrected chi connectivity index (χ3v) is 4.41. The maximum absolute atomic E-state index is 12.0. The van der Waals surface area contributed by atoms with E-state index in [1.54, 1.807) is 0 Å². The number of aryl methyl sites for hydroxylation is 2. The van der Waals surface area contributed by atoms with Crippen LogP contribution >= 0.6 is 0 Å². The molecule has 0 bridgehead atoms. The number of benzene rings is 1. The van der Waals surface area contributed by atoms with Crippen molar-refractivity contribution in [3.8, 4) is 0 Å². The smallest absolute Gasteiger partial charge is 0.220 e. The summed E-state index contributed by atoms with van der Waals surface area (Å²) in [5, 5.41) is 6.48. The molecular weight excluding hydrogens is 248 g/mol. The van der Waals surface area contributed by atoms with Gasteiger partial charge >= 0.3 is 0 Å². The van der Waals surface area contributed by atoms with Crippen LogP contribution in [-0.4, -0.2) is 25.5 Å². The van der Waals surface area contributed by atoms with Gasteiger partial charge in [0, 0.05) is 13.0 Å². The van der Waals surface area contributed by atoms with Crippen molar-refractivity contribution in [3.63, 3.8) is 0 Å². The second kappa shape index (κ2) is 6.89. The Kier molecular flexibility index (Phi) is 5.18. The van der Waals surface area contributed by atoms with E-state index in [1.165, 1.54) is 11.1 Å². The highest BCUT2D eigenvalue weighted by Gasteiger charge is 2.26. The van der Waals surface area contributed by atoms with Crippen LogP contribution in [-0.2, 0) is 11.2 Å². The van der Waals surface area contributed by atoms with Gasteiger partial charge in [0.25, 0.3) is 0 Å². The zero-order valence-corrected chi connectivity index (χ0v) is 12.7. The summed E-state index contributed by atoms with van der Waals surface area (Å²) in [5.41, 5.74) is 2.81. The molecule has 0 saturated carbocycles. The first kappa shape index (κ1) is 15.0. The highest BCUT2D eigenvalue weighted by atomic mass is 16.1. The fourth-order valence-corrected chi connectivity index (χ4v) is 2.75. The third kappa shape index (κ3) is 4.34. The number of hydrogen-bond acceptors (Lipinski definition) is 2. The van der Waals surface area contributed by atoms with Gasteiger partial charge in [-0.3, -0.25) is 4.79 Å². The minimum Gasteiger partial charge on any atom is -0.356 e. The van der Waals surface area contributed by atoms with Crippen LogP contribution in [0.4, 0.5) is 0 Å². The Morgan fingerprint density at radius 2 is 2.00 bits per heavy atom. The lowest BCUT2D eigenvalue weighted by atomic mass is 9.81. The van der Waals surface area contributed by atoms with E-state index in [-0.39, 0.29) is 11.3 Å². The molecule has 2 N–H and O–H groups in total. The van der Waals surface area contributed by atoms with Crippen molar-refractivity contribution < 1.29 is 4.79 Å². The van der Waals surface area contributed by atoms with Crippen molar-refractivity contribution in [2.24, 2.45) is 5.41 Å². The van der Waals surface area contributed by atoms with E-state index < -0.39 is 0 Å². The molecule has 0 atom stereocenters. The van der Waals surface area contributed by atoms with Gasteiger partial charge in [-0.1, -0.05) is 31.2 Å². The average molecular weight is 274 g/mol. The van der Waals surface area contributed by atoms with Crippen molar-refractivity contribution in [2.45, 2.75) is 39.5 Å². The summed E-state index contributed by atoms with van der Waals surface area (Å²) in [7, 11) is 0. The first-order valence-corrected chi connectivity index (χ1v) is 7.61. The summed E-state index contributed by atoms with van der Waals surface area (Å²) in [6.45, 7) is 7.31. The predicted molar refractivity (Wildman–Crippen MR) is 82.7 cm³/mol. The Hall–Kier alpha value is -1.35. The normalized spacial score (nSPS) is 17.7. The Bertz CT molecular complexity index is 450. The first-order valence-electron chi connectivity index (χ1n) is 7.61. The highest BCUT2D eigenvalue weighted by molar-refractivity contribution is 5.76. The topological polar surface area (TPSA) is 41.1 Å². The molecule has 20 heavy (non-hydrogen) atoms. The summed E-state index contributed by atoms with van der Waals surface area (Å²) in [6.07, 6.45) is 3.70. The van der Waals surface area contributed by atoms with Crippen molar-refractivity contribution in [1.29, 1.82) is 0 Å². The average Bonchev–Trinajstić information content (AvgIpc) is 2.45. The van der Waals surface area contributed by atoms with Gasteiger partial charge in [-0.2, -0.15) is 0 Å². The zero-order valence-electron chi connectivity index (χ0n) is 12.7. The van der Waals surface area contributed by atoms with Crippen LogP contribution in [0.3, 0.4) is 0 Å². The van der Waals surface area contributed by atoms with Crippen LogP contribution in [0, 0.1) is 12.3 Å². The molecule has 1 amide bonds. The monoisotopic (exact) mass is 274 g/mol. The Labute approximate surface area is 122 Å². The van der Waals surface area contributed by atoms with Crippen molar-refractivity contribution in [1.82, 2.24) is 10.6 Å². The minimum absolute atomic E-state index is 0.174. The summed E-state index contributed by atoms with van der Waals surface area (Å²) in [6, 6.07) is 8.28. The first-order chi connectivity index (χ1) is 9.59. The lowest BCUT2D eigenvalue weighted by molar-refractivity contribution is -0.121. The van der Waals surface area contributed by atoms with Crippen LogP contribution in [0.1, 0.15) is 37.3 Å². The maximum atomic E-state index is 12.0. The molecule has 3 heteroatoms. The van der Waals surface area contributed by atoms with Gasteiger partial charge in [0.15, 0.2) is 0 Å². The minimum atomic E-state index is 0.174. The SMILES string of the molecule is Cc1ccccc1CCC(=O)NCC1(C)CCNCC1. The highest BCUT2D eigenvalue weighted by Crippen LogP contribution is 2.26. The van der Waals surface area contributed by atoms with Gasteiger partial charge in [0.1, 0.15) is 0 Å². The number of carbonyl (C=O) groups is 1. The Morgan fingerprint density at radius 1 is 1.30 bits per heavy atom. The van der Waals surface area contributed by atoms with E-state index >= 15 is 0 Å². The molecule has 0 aromatic heterocycles. The number of rotatable bonds is 5. The molecule has 1 aliphatic rings. The summed E-state index contributed by atoms with van der Waals surface area (Å²) in [5.74, 6) is 0.174. The van der Waals surface area contributed by atoms with Crippen LogP contribution in [0.15, 0.2) is 24.3 Å². The molecule has 0 spiro atoms. The summed E-state index contributed by atoms with van der Waals surface area (Å²) >= 11 is 0. The molecule has 2 rings (SSSR count). The van der Waals surface area contributed by atoms with Gasteiger partial charge < -0.3 is 10.6 Å². The van der Waals surface area contributed by atoms with Crippen molar-refractivity contribution in [2.75, 3.05) is 19.6 Å². The molecule has 1 aromatic carbocycles. The summed E-state index contributed by atoms with van der Waals surface area (Å²) < 4.78 is 0. The number of piperidine rings is 1. The molecule has 3 nitrogen and oxygen atoms in total. The van der Waals surface area contributed by atoms with Crippen LogP contribution in [0.2, 0.25) is 0 Å². The lowest BCUT2D eigenvalue weighted by Crippen LogP contribution is -2.42. The number of hydrogen-bond donors (Lipinski definition) is 2. The molecule has 0 radical (unpaired) electrons. The fraction of sp³-hybridized carbons (Fsp3) is 0.588. The third-order valence-electron chi connectivity index (χ3n) is 4.41. The van der Waals surface area contributed by atoms with E-state index in [9.17, 15) is 4.79 Å². The van der Waals surface area contributed by atoms with Crippen molar-refractivity contribution >= 4 is 5.91 Å². The largest absolute Gasteiger partial charge is 0.356 e. The van der Waals surface area contributed by atoms with Crippen LogP contribution < -0.4 is 10.6 Å².